The van der Waals surface area contributed by atoms with Crippen molar-refractivity contribution in [2.75, 3.05) is 0 Å². The van der Waals surface area contributed by atoms with Crippen molar-refractivity contribution in [1.82, 2.24) is 0 Å². The van der Waals surface area contributed by atoms with E-state index in [4.69, 9.17) is 5.73 Å². The molecular weight excluding hydrogens is 148 g/mol. The van der Waals surface area contributed by atoms with Gasteiger partial charge < -0.3 is 5.73 Å². The van der Waals surface area contributed by atoms with E-state index in [2.05, 4.69) is 0 Å². The first kappa shape index (κ1) is 8.91. The Balaban J connectivity index is 2.34. The van der Waals surface area contributed by atoms with E-state index >= 15 is 0 Å². The van der Waals surface area contributed by atoms with Crippen LogP contribution in [0.15, 0.2) is 0 Å². The highest BCUT2D eigenvalue weighted by molar-refractivity contribution is 4.72. The summed E-state index contributed by atoms with van der Waals surface area (Å²) in [6.07, 6.45) is 1.69. The van der Waals surface area contributed by atoms with Crippen LogP contribution in [0.3, 0.4) is 0 Å². The summed E-state index contributed by atoms with van der Waals surface area (Å²) in [5.74, 6) is -0.386. The minimum absolute atomic E-state index is 0.166. The Morgan fingerprint density at radius 1 is 1.09 bits per heavy atom. The summed E-state index contributed by atoms with van der Waals surface area (Å²) < 4.78 is 24.4. The van der Waals surface area contributed by atoms with Gasteiger partial charge >= 0.3 is 0 Å². The van der Waals surface area contributed by atoms with Crippen LogP contribution in [0.1, 0.15) is 32.1 Å². The molecule has 0 heterocycles. The molecule has 2 N–H and O–H groups in total. The number of alkyl halides is 2. The van der Waals surface area contributed by atoms with Gasteiger partial charge in [0.15, 0.2) is 0 Å². The van der Waals surface area contributed by atoms with Crippen molar-refractivity contribution in [1.29, 1.82) is 0 Å². The van der Waals surface area contributed by atoms with Gasteiger partial charge in [0.1, 0.15) is 0 Å². The van der Waals surface area contributed by atoms with Gasteiger partial charge in [0, 0.05) is 12.0 Å². The van der Waals surface area contributed by atoms with Crippen LogP contribution in [0.2, 0.25) is 0 Å². The number of rotatable bonds is 1. The fourth-order valence-corrected chi connectivity index (χ4v) is 1.61. The monoisotopic (exact) mass is 163 g/mol. The zero-order valence-electron chi connectivity index (χ0n) is 6.60. The zero-order chi connectivity index (χ0) is 8.27. The summed E-state index contributed by atoms with van der Waals surface area (Å²) >= 11 is 0. The number of halogens is 2. The molecule has 1 rings (SSSR count). The summed E-state index contributed by atoms with van der Waals surface area (Å²) in [4.78, 5) is 0. The second kappa shape index (κ2) is 4.00. The smallest absolute Gasteiger partial charge is 0.241 e. The number of hydrogen-bond donors (Lipinski definition) is 1. The highest BCUT2D eigenvalue weighted by Crippen LogP contribution is 2.27. The van der Waals surface area contributed by atoms with Gasteiger partial charge in [-0.1, -0.05) is 6.42 Å². The lowest BCUT2D eigenvalue weighted by atomic mass is 10.0. The molecule has 0 bridgehead atoms. The third-order valence-corrected chi connectivity index (χ3v) is 2.41. The predicted molar refractivity (Wildman–Crippen MR) is 40.6 cm³/mol. The van der Waals surface area contributed by atoms with E-state index in [1.807, 2.05) is 0 Å². The molecule has 0 unspecified atom stereocenters. The molecule has 1 nitrogen and oxygen atoms in total. The van der Waals surface area contributed by atoms with Crippen molar-refractivity contribution in [2.45, 2.75) is 44.6 Å². The average Bonchev–Trinajstić information content (AvgIpc) is 2.13. The van der Waals surface area contributed by atoms with Gasteiger partial charge in [-0.15, -0.1) is 0 Å². The Kier molecular flexibility index (Phi) is 3.24. The summed E-state index contributed by atoms with van der Waals surface area (Å²) in [6.45, 7) is 0. The minimum Gasteiger partial charge on any atom is -0.328 e. The molecule has 3 heteroatoms. The van der Waals surface area contributed by atoms with Gasteiger partial charge in [0.05, 0.1) is 0 Å². The average molecular weight is 163 g/mol. The lowest BCUT2D eigenvalue weighted by Crippen LogP contribution is -2.18. The van der Waals surface area contributed by atoms with Crippen molar-refractivity contribution < 1.29 is 8.78 Å². The Hall–Kier alpha value is -0.180. The summed E-state index contributed by atoms with van der Waals surface area (Å²) in [6, 6.07) is 0.166. The van der Waals surface area contributed by atoms with Gasteiger partial charge in [-0.2, -0.15) is 0 Å². The molecule has 0 aromatic carbocycles. The zero-order valence-corrected chi connectivity index (χ0v) is 6.60. The van der Waals surface area contributed by atoms with Crippen LogP contribution in [-0.4, -0.2) is 12.5 Å². The molecule has 1 fully saturated rings. The van der Waals surface area contributed by atoms with Crippen LogP contribution < -0.4 is 5.73 Å². The van der Waals surface area contributed by atoms with Crippen LogP contribution in [0, 0.1) is 5.92 Å². The van der Waals surface area contributed by atoms with E-state index in [0.29, 0.717) is 12.8 Å². The quantitative estimate of drug-likeness (QED) is 0.589. The molecule has 0 radical (unpaired) electrons. The first-order chi connectivity index (χ1) is 5.20. The summed E-state index contributed by atoms with van der Waals surface area (Å²) in [5, 5.41) is 0. The third-order valence-electron chi connectivity index (χ3n) is 2.41. The Bertz CT molecular complexity index is 117. The third kappa shape index (κ3) is 2.73. The molecule has 1 aliphatic carbocycles. The first-order valence-electron chi connectivity index (χ1n) is 4.24. The van der Waals surface area contributed by atoms with Crippen molar-refractivity contribution >= 4 is 0 Å². The predicted octanol–water partition coefficient (Wildman–Crippen LogP) is 2.16. The van der Waals surface area contributed by atoms with Gasteiger partial charge in [-0.25, -0.2) is 8.78 Å². The van der Waals surface area contributed by atoms with E-state index in [1.165, 1.54) is 0 Å². The highest BCUT2D eigenvalue weighted by atomic mass is 19.3. The molecule has 11 heavy (non-hydrogen) atoms. The molecule has 2 atom stereocenters. The van der Waals surface area contributed by atoms with E-state index in [0.717, 1.165) is 19.3 Å². The fraction of sp³-hybridized carbons (Fsp3) is 1.00. The maximum atomic E-state index is 12.2. The van der Waals surface area contributed by atoms with E-state index < -0.39 is 6.43 Å². The van der Waals surface area contributed by atoms with E-state index in [9.17, 15) is 8.78 Å². The van der Waals surface area contributed by atoms with E-state index in [1.54, 1.807) is 0 Å². The molecule has 0 spiro atoms. The molecule has 1 aliphatic rings. The lowest BCUT2D eigenvalue weighted by molar-refractivity contribution is 0.0686. The van der Waals surface area contributed by atoms with Gasteiger partial charge in [-0.3, -0.25) is 0 Å². The fourth-order valence-electron chi connectivity index (χ4n) is 1.61. The van der Waals surface area contributed by atoms with E-state index in [-0.39, 0.29) is 12.0 Å². The normalized spacial score (nSPS) is 33.8. The lowest BCUT2D eigenvalue weighted by Gasteiger charge is -2.11. The molecule has 0 saturated heterocycles. The maximum absolute atomic E-state index is 12.2. The summed E-state index contributed by atoms with van der Waals surface area (Å²) in [5.41, 5.74) is 5.65. The minimum atomic E-state index is -2.14. The topological polar surface area (TPSA) is 26.0 Å². The number of hydrogen-bond acceptors (Lipinski definition) is 1. The van der Waals surface area contributed by atoms with Crippen molar-refractivity contribution in [3.05, 3.63) is 0 Å². The Morgan fingerprint density at radius 3 is 2.45 bits per heavy atom. The second-order valence-electron chi connectivity index (χ2n) is 3.36. The standard InChI is InChI=1S/C8H15F2N/c9-8(10)6-2-1-3-7(11)5-4-6/h6-8H,1-5,11H2/t6-,7-/m0/s1. The molecule has 1 saturated carbocycles. The molecule has 0 aromatic heterocycles. The molecular formula is C8H15F2N. The largest absolute Gasteiger partial charge is 0.328 e. The molecule has 0 aliphatic heterocycles. The van der Waals surface area contributed by atoms with Crippen LogP contribution in [0.25, 0.3) is 0 Å². The Labute approximate surface area is 66.0 Å². The van der Waals surface area contributed by atoms with Gasteiger partial charge in [0.2, 0.25) is 6.43 Å². The van der Waals surface area contributed by atoms with Crippen molar-refractivity contribution in [2.24, 2.45) is 11.7 Å². The van der Waals surface area contributed by atoms with Crippen LogP contribution in [0.5, 0.6) is 0 Å². The SMILES string of the molecule is N[C@H]1CCC[C@H](C(F)F)CC1. The van der Waals surface area contributed by atoms with Gasteiger partial charge in [-0.05, 0) is 25.7 Å². The Morgan fingerprint density at radius 2 is 1.82 bits per heavy atom. The van der Waals surface area contributed by atoms with Crippen LogP contribution >= 0.6 is 0 Å². The maximum Gasteiger partial charge on any atom is 0.241 e. The van der Waals surface area contributed by atoms with Crippen LogP contribution in [-0.2, 0) is 0 Å². The molecule has 0 amide bonds. The van der Waals surface area contributed by atoms with Crippen LogP contribution in [0.4, 0.5) is 8.78 Å². The second-order valence-corrected chi connectivity index (χ2v) is 3.36. The van der Waals surface area contributed by atoms with Gasteiger partial charge in [0.25, 0.3) is 0 Å². The number of nitrogens with two attached hydrogens (primary N) is 1. The summed E-state index contributed by atoms with van der Waals surface area (Å²) in [7, 11) is 0. The first-order valence-corrected chi connectivity index (χ1v) is 4.24. The highest BCUT2D eigenvalue weighted by Gasteiger charge is 2.23. The molecule has 66 valence electrons. The molecule has 0 aromatic rings. The van der Waals surface area contributed by atoms with Crippen molar-refractivity contribution in [3.8, 4) is 0 Å². The van der Waals surface area contributed by atoms with Crippen molar-refractivity contribution in [3.63, 3.8) is 0 Å².